The third-order valence-electron chi connectivity index (χ3n) is 6.96. The largest absolute Gasteiger partial charge is 0.378 e. The zero-order valence-electron chi connectivity index (χ0n) is 20.3. The molecule has 2 aliphatic rings. The summed E-state index contributed by atoms with van der Waals surface area (Å²) in [6, 6.07) is 27.0. The Morgan fingerprint density at radius 1 is 0.865 bits per heavy atom. The summed E-state index contributed by atoms with van der Waals surface area (Å²) < 4.78 is 7.19. The lowest BCUT2D eigenvalue weighted by molar-refractivity contribution is 0.0303. The number of carbonyl (C=O) groups excluding carboxylic acids is 1. The molecule has 1 aromatic heterocycles. The fourth-order valence-corrected chi connectivity index (χ4v) is 5.32. The normalized spacial score (nSPS) is 14.7. The molecule has 2 aliphatic heterocycles. The van der Waals surface area contributed by atoms with Gasteiger partial charge in [-0.1, -0.05) is 78.3 Å². The van der Waals surface area contributed by atoms with Crippen LogP contribution >= 0.6 is 11.6 Å². The van der Waals surface area contributed by atoms with Crippen molar-refractivity contribution in [2.75, 3.05) is 31.3 Å². The highest BCUT2D eigenvalue weighted by molar-refractivity contribution is 6.31. The molecule has 0 saturated carbocycles. The summed E-state index contributed by atoms with van der Waals surface area (Å²) in [4.78, 5) is 30.0. The van der Waals surface area contributed by atoms with Crippen LogP contribution in [0.2, 0.25) is 5.02 Å². The molecule has 4 aromatic rings. The van der Waals surface area contributed by atoms with Gasteiger partial charge in [0.15, 0.2) is 0 Å². The van der Waals surface area contributed by atoms with Gasteiger partial charge in [-0.15, -0.1) is 0 Å². The Morgan fingerprint density at radius 3 is 2.30 bits per heavy atom. The summed E-state index contributed by atoms with van der Waals surface area (Å²) in [6.07, 6.45) is 0. The van der Waals surface area contributed by atoms with E-state index in [0.717, 1.165) is 22.3 Å². The van der Waals surface area contributed by atoms with Gasteiger partial charge in [0.2, 0.25) is 0 Å². The predicted octanol–water partition coefficient (Wildman–Crippen LogP) is 4.96. The summed E-state index contributed by atoms with van der Waals surface area (Å²) in [5.74, 6) is -0.114. The molecule has 186 valence electrons. The second-order valence-electron chi connectivity index (χ2n) is 9.32. The number of amides is 1. The van der Waals surface area contributed by atoms with Crippen LogP contribution in [-0.4, -0.2) is 41.8 Å². The van der Waals surface area contributed by atoms with Crippen LogP contribution in [0.4, 0.5) is 0 Å². The molecule has 3 aromatic carbocycles. The SMILES string of the molecule is O=C(c1cc(-c2ccccc2)c(=O)n2c1-c1cc(Cl)ccc1CN2Cc1ccccc1)N1CCOCC1. The number of rotatable bonds is 4. The minimum atomic E-state index is -0.165. The number of ether oxygens (including phenoxy) is 1. The van der Waals surface area contributed by atoms with Gasteiger partial charge in [0.1, 0.15) is 0 Å². The Kier molecular flexibility index (Phi) is 6.28. The second-order valence-corrected chi connectivity index (χ2v) is 9.75. The minimum absolute atomic E-state index is 0.114. The number of halogens is 1. The average molecular weight is 512 g/mol. The van der Waals surface area contributed by atoms with Crippen molar-refractivity contribution in [3.63, 3.8) is 0 Å². The summed E-state index contributed by atoms with van der Waals surface area (Å²) in [5.41, 5.74) is 5.07. The quantitative estimate of drug-likeness (QED) is 0.388. The van der Waals surface area contributed by atoms with Crippen LogP contribution in [0.15, 0.2) is 89.7 Å². The van der Waals surface area contributed by atoms with Gasteiger partial charge in [-0.3, -0.25) is 9.59 Å². The van der Waals surface area contributed by atoms with Crippen LogP contribution in [0, 0.1) is 0 Å². The van der Waals surface area contributed by atoms with E-state index in [1.165, 1.54) is 0 Å². The van der Waals surface area contributed by atoms with Gasteiger partial charge < -0.3 is 14.6 Å². The van der Waals surface area contributed by atoms with Crippen molar-refractivity contribution >= 4 is 17.5 Å². The lowest BCUT2D eigenvalue weighted by Crippen LogP contribution is -2.47. The molecule has 0 N–H and O–H groups in total. The first kappa shape index (κ1) is 23.5. The van der Waals surface area contributed by atoms with Crippen LogP contribution in [0.3, 0.4) is 0 Å². The van der Waals surface area contributed by atoms with Gasteiger partial charge in [-0.2, -0.15) is 0 Å². The van der Waals surface area contributed by atoms with Crippen LogP contribution in [0.25, 0.3) is 22.4 Å². The van der Waals surface area contributed by atoms with Gasteiger partial charge in [0.25, 0.3) is 11.5 Å². The molecule has 0 unspecified atom stereocenters. The number of aromatic nitrogens is 1. The number of benzene rings is 3. The molecule has 6 rings (SSSR count). The maximum Gasteiger partial charge on any atom is 0.277 e. The van der Waals surface area contributed by atoms with Crippen molar-refractivity contribution in [3.05, 3.63) is 117 Å². The molecule has 0 spiro atoms. The van der Waals surface area contributed by atoms with Gasteiger partial charge in [0.05, 0.1) is 37.6 Å². The number of carbonyl (C=O) groups is 1. The number of fused-ring (bicyclic) bond motifs is 3. The smallest absolute Gasteiger partial charge is 0.277 e. The first-order valence-electron chi connectivity index (χ1n) is 12.4. The third kappa shape index (κ3) is 4.43. The summed E-state index contributed by atoms with van der Waals surface area (Å²) in [6.45, 7) is 3.03. The molecule has 1 amide bonds. The maximum atomic E-state index is 14.2. The molecular weight excluding hydrogens is 486 g/mol. The lowest BCUT2D eigenvalue weighted by atomic mass is 9.94. The Balaban J connectivity index is 1.62. The van der Waals surface area contributed by atoms with E-state index in [0.29, 0.717) is 61.2 Å². The van der Waals surface area contributed by atoms with Crippen molar-refractivity contribution in [1.29, 1.82) is 0 Å². The topological polar surface area (TPSA) is 54.8 Å². The number of hydrogen-bond acceptors (Lipinski definition) is 4. The average Bonchev–Trinajstić information content (AvgIpc) is 2.94. The fourth-order valence-electron chi connectivity index (χ4n) is 5.15. The molecule has 1 fully saturated rings. The van der Waals surface area contributed by atoms with Crippen LogP contribution in [-0.2, 0) is 17.8 Å². The van der Waals surface area contributed by atoms with E-state index in [2.05, 4.69) is 0 Å². The Labute approximate surface area is 220 Å². The van der Waals surface area contributed by atoms with Crippen molar-refractivity contribution in [1.82, 2.24) is 9.58 Å². The number of morpholine rings is 1. The summed E-state index contributed by atoms with van der Waals surface area (Å²) in [7, 11) is 0. The van der Waals surface area contributed by atoms with E-state index in [1.807, 2.05) is 83.9 Å². The highest BCUT2D eigenvalue weighted by atomic mass is 35.5. The number of hydrogen-bond donors (Lipinski definition) is 0. The number of nitrogens with zero attached hydrogens (tertiary/aromatic N) is 3. The van der Waals surface area contributed by atoms with Crippen LogP contribution < -0.4 is 10.6 Å². The molecular formula is C30H26ClN3O3. The van der Waals surface area contributed by atoms with Crippen molar-refractivity contribution in [2.45, 2.75) is 13.1 Å². The van der Waals surface area contributed by atoms with E-state index in [-0.39, 0.29) is 11.5 Å². The van der Waals surface area contributed by atoms with E-state index < -0.39 is 0 Å². The summed E-state index contributed by atoms with van der Waals surface area (Å²) in [5, 5.41) is 2.58. The van der Waals surface area contributed by atoms with E-state index in [4.69, 9.17) is 16.3 Å². The predicted molar refractivity (Wildman–Crippen MR) is 145 cm³/mol. The van der Waals surface area contributed by atoms with Gasteiger partial charge in [-0.05, 0) is 34.9 Å². The zero-order valence-corrected chi connectivity index (χ0v) is 21.0. The highest BCUT2D eigenvalue weighted by Gasteiger charge is 2.32. The van der Waals surface area contributed by atoms with Gasteiger partial charge >= 0.3 is 0 Å². The van der Waals surface area contributed by atoms with Crippen molar-refractivity contribution < 1.29 is 9.53 Å². The highest BCUT2D eigenvalue weighted by Crippen LogP contribution is 2.36. The van der Waals surface area contributed by atoms with Crippen molar-refractivity contribution in [3.8, 4) is 22.4 Å². The molecule has 6 nitrogen and oxygen atoms in total. The fraction of sp³-hybridized carbons (Fsp3) is 0.200. The molecule has 1 saturated heterocycles. The first-order chi connectivity index (χ1) is 18.1. The first-order valence-corrected chi connectivity index (χ1v) is 12.8. The molecule has 0 atom stereocenters. The Morgan fingerprint density at radius 2 is 1.57 bits per heavy atom. The van der Waals surface area contributed by atoms with Gasteiger partial charge in [-0.25, -0.2) is 4.68 Å². The Hall–Kier alpha value is -3.87. The summed E-state index contributed by atoms with van der Waals surface area (Å²) >= 11 is 6.44. The van der Waals surface area contributed by atoms with E-state index in [9.17, 15) is 9.59 Å². The zero-order chi connectivity index (χ0) is 25.4. The molecule has 7 heteroatoms. The lowest BCUT2D eigenvalue weighted by Gasteiger charge is -2.37. The molecule has 0 aliphatic carbocycles. The second kappa shape index (κ2) is 9.88. The third-order valence-corrected chi connectivity index (χ3v) is 7.20. The van der Waals surface area contributed by atoms with Crippen LogP contribution in [0.1, 0.15) is 21.5 Å². The molecule has 3 heterocycles. The Bertz CT molecular complexity index is 1510. The maximum absolute atomic E-state index is 14.2. The molecule has 0 bridgehead atoms. The molecule has 0 radical (unpaired) electrons. The van der Waals surface area contributed by atoms with Gasteiger partial charge in [0, 0.05) is 29.2 Å². The molecule has 37 heavy (non-hydrogen) atoms. The van der Waals surface area contributed by atoms with E-state index in [1.54, 1.807) is 15.6 Å². The monoisotopic (exact) mass is 511 g/mol. The van der Waals surface area contributed by atoms with Crippen LogP contribution in [0.5, 0.6) is 0 Å². The van der Waals surface area contributed by atoms with Crippen molar-refractivity contribution in [2.24, 2.45) is 0 Å². The standard InChI is InChI=1S/C30H26ClN3O3/c31-24-12-11-23-20-33(19-21-7-3-1-4-8-21)34-28(25(23)17-24)27(29(35)32-13-15-37-16-14-32)18-26(30(34)36)22-9-5-2-6-10-22/h1-12,17-18H,13-16,19-20H2. The number of pyridine rings is 1. The minimum Gasteiger partial charge on any atom is -0.378 e. The van der Waals surface area contributed by atoms with E-state index >= 15 is 0 Å².